The van der Waals surface area contributed by atoms with E-state index in [1.54, 1.807) is 4.90 Å². The molecule has 31 heavy (non-hydrogen) atoms. The summed E-state index contributed by atoms with van der Waals surface area (Å²) in [5.41, 5.74) is 2.66. The number of hydrogen-bond donors (Lipinski definition) is 1. The van der Waals surface area contributed by atoms with Crippen LogP contribution in [0.5, 0.6) is 0 Å². The molecule has 1 aliphatic rings. The lowest BCUT2D eigenvalue weighted by atomic mass is 9.96. The fourth-order valence-corrected chi connectivity index (χ4v) is 3.84. The maximum Gasteiger partial charge on any atom is 0.321 e. The molecule has 2 amide bonds. The Morgan fingerprint density at radius 3 is 1.77 bits per heavy atom. The first-order valence-electron chi connectivity index (χ1n) is 10.6. The minimum atomic E-state index is -0.436. The summed E-state index contributed by atoms with van der Waals surface area (Å²) in [6.45, 7) is 1.06. The van der Waals surface area contributed by atoms with Crippen molar-refractivity contribution in [2.75, 3.05) is 18.4 Å². The minimum Gasteiger partial charge on any atom is -0.452 e. The number of rotatable bonds is 5. The van der Waals surface area contributed by atoms with Crippen LogP contribution < -0.4 is 5.32 Å². The smallest absolute Gasteiger partial charge is 0.321 e. The van der Waals surface area contributed by atoms with Crippen molar-refractivity contribution in [2.24, 2.45) is 5.92 Å². The number of amides is 2. The average molecular weight is 415 g/mol. The Hall–Kier alpha value is -3.60. The molecule has 0 unspecified atom stereocenters. The monoisotopic (exact) mass is 414 g/mol. The molecule has 1 saturated heterocycles. The van der Waals surface area contributed by atoms with Gasteiger partial charge in [0.1, 0.15) is 0 Å². The highest BCUT2D eigenvalue weighted by Gasteiger charge is 2.30. The number of nitrogens with zero attached hydrogens (tertiary/aromatic N) is 1. The van der Waals surface area contributed by atoms with Crippen LogP contribution in [-0.4, -0.2) is 30.0 Å². The molecule has 1 aliphatic heterocycles. The molecule has 0 radical (unpaired) electrons. The highest BCUT2D eigenvalue weighted by atomic mass is 16.5. The van der Waals surface area contributed by atoms with Gasteiger partial charge in [0.2, 0.25) is 0 Å². The number of carbonyl (C=O) groups is 2. The molecule has 0 aromatic heterocycles. The fourth-order valence-electron chi connectivity index (χ4n) is 3.84. The lowest BCUT2D eigenvalue weighted by Gasteiger charge is -2.32. The lowest BCUT2D eigenvalue weighted by Crippen LogP contribution is -2.42. The summed E-state index contributed by atoms with van der Waals surface area (Å²) < 4.78 is 6.00. The molecule has 0 spiro atoms. The summed E-state index contributed by atoms with van der Waals surface area (Å²) in [6.07, 6.45) is 0.753. The summed E-state index contributed by atoms with van der Waals surface area (Å²) in [6, 6.07) is 28.8. The summed E-state index contributed by atoms with van der Waals surface area (Å²) in [5.74, 6) is -0.420. The number of esters is 1. The maximum atomic E-state index is 13.0. The predicted molar refractivity (Wildman–Crippen MR) is 121 cm³/mol. The number of likely N-dealkylation sites (tertiary alicyclic amines) is 1. The molecule has 0 atom stereocenters. The summed E-state index contributed by atoms with van der Waals surface area (Å²) in [4.78, 5) is 27.2. The highest BCUT2D eigenvalue weighted by Crippen LogP contribution is 2.29. The van der Waals surface area contributed by atoms with Crippen molar-refractivity contribution >= 4 is 17.7 Å². The van der Waals surface area contributed by atoms with Crippen LogP contribution in [0.25, 0.3) is 0 Å². The molecule has 1 heterocycles. The van der Waals surface area contributed by atoms with Gasteiger partial charge in [0, 0.05) is 18.8 Å². The average Bonchev–Trinajstić information content (AvgIpc) is 2.84. The molecular weight excluding hydrogens is 388 g/mol. The van der Waals surface area contributed by atoms with Crippen molar-refractivity contribution in [2.45, 2.75) is 18.9 Å². The van der Waals surface area contributed by atoms with Gasteiger partial charge in [-0.05, 0) is 36.1 Å². The predicted octanol–water partition coefficient (Wildman–Crippen LogP) is 5.26. The number of para-hydroxylation sites is 1. The van der Waals surface area contributed by atoms with Crippen LogP contribution in [0.3, 0.4) is 0 Å². The van der Waals surface area contributed by atoms with Crippen LogP contribution in [0.15, 0.2) is 91.0 Å². The first-order chi connectivity index (χ1) is 15.2. The van der Waals surface area contributed by atoms with Crippen LogP contribution in [-0.2, 0) is 9.53 Å². The quantitative estimate of drug-likeness (QED) is 0.579. The molecule has 5 nitrogen and oxygen atoms in total. The van der Waals surface area contributed by atoms with Gasteiger partial charge in [-0.2, -0.15) is 0 Å². The SMILES string of the molecule is O=C(OC(c1ccccc1)c1ccccc1)C1CCN(C(=O)Nc2ccccc2)CC1. The molecule has 0 bridgehead atoms. The van der Waals surface area contributed by atoms with E-state index in [0.29, 0.717) is 25.9 Å². The number of benzene rings is 3. The third-order valence-electron chi connectivity index (χ3n) is 5.58. The van der Waals surface area contributed by atoms with Gasteiger partial charge >= 0.3 is 12.0 Å². The number of hydrogen-bond acceptors (Lipinski definition) is 3. The molecule has 1 fully saturated rings. The zero-order valence-electron chi connectivity index (χ0n) is 17.3. The van der Waals surface area contributed by atoms with Crippen molar-refractivity contribution in [1.82, 2.24) is 4.90 Å². The zero-order chi connectivity index (χ0) is 21.5. The van der Waals surface area contributed by atoms with Gasteiger partial charge in [0.05, 0.1) is 5.92 Å². The fraction of sp³-hybridized carbons (Fsp3) is 0.231. The first-order valence-corrected chi connectivity index (χ1v) is 10.6. The maximum absolute atomic E-state index is 13.0. The van der Waals surface area contributed by atoms with Gasteiger partial charge in [0.15, 0.2) is 6.10 Å². The molecule has 0 saturated carbocycles. The molecule has 5 heteroatoms. The van der Waals surface area contributed by atoms with E-state index < -0.39 is 6.10 Å². The second-order valence-electron chi connectivity index (χ2n) is 7.70. The zero-order valence-corrected chi connectivity index (χ0v) is 17.3. The summed E-state index contributed by atoms with van der Waals surface area (Å²) in [7, 11) is 0. The molecule has 158 valence electrons. The van der Waals surface area contributed by atoms with E-state index >= 15 is 0 Å². The van der Waals surface area contributed by atoms with E-state index in [9.17, 15) is 9.59 Å². The molecular formula is C26H26N2O3. The van der Waals surface area contributed by atoms with Gasteiger partial charge < -0.3 is 15.0 Å². The number of urea groups is 1. The molecule has 3 aromatic carbocycles. The van der Waals surface area contributed by atoms with Crippen LogP contribution in [0.4, 0.5) is 10.5 Å². The van der Waals surface area contributed by atoms with E-state index in [0.717, 1.165) is 16.8 Å². The first kappa shape index (κ1) is 20.7. The Morgan fingerprint density at radius 2 is 1.26 bits per heavy atom. The third-order valence-corrected chi connectivity index (χ3v) is 5.58. The Morgan fingerprint density at radius 1 is 0.774 bits per heavy atom. The van der Waals surface area contributed by atoms with E-state index in [-0.39, 0.29) is 17.9 Å². The molecule has 1 N–H and O–H groups in total. The Kier molecular flexibility index (Phi) is 6.62. The van der Waals surface area contributed by atoms with Crippen molar-refractivity contribution < 1.29 is 14.3 Å². The van der Waals surface area contributed by atoms with Gasteiger partial charge in [-0.15, -0.1) is 0 Å². The van der Waals surface area contributed by atoms with Crippen molar-refractivity contribution in [1.29, 1.82) is 0 Å². The molecule has 0 aliphatic carbocycles. The number of carbonyl (C=O) groups excluding carboxylic acids is 2. The normalized spacial score (nSPS) is 14.3. The van der Waals surface area contributed by atoms with Crippen LogP contribution in [0, 0.1) is 5.92 Å². The molecule has 4 rings (SSSR count). The van der Waals surface area contributed by atoms with Gasteiger partial charge in [-0.1, -0.05) is 78.9 Å². The van der Waals surface area contributed by atoms with Gasteiger partial charge in [0.25, 0.3) is 0 Å². The standard InChI is InChI=1S/C26H26N2O3/c29-25(31-24(20-10-4-1-5-11-20)21-12-6-2-7-13-21)22-16-18-28(19-17-22)26(30)27-23-14-8-3-9-15-23/h1-15,22,24H,16-19H2,(H,27,30). The minimum absolute atomic E-state index is 0.135. The Bertz CT molecular complexity index is 945. The molecule has 3 aromatic rings. The van der Waals surface area contributed by atoms with Crippen molar-refractivity contribution in [3.8, 4) is 0 Å². The Labute approximate surface area is 182 Å². The van der Waals surface area contributed by atoms with E-state index in [2.05, 4.69) is 5.32 Å². The number of piperidine rings is 1. The third kappa shape index (κ3) is 5.31. The Balaban J connectivity index is 1.37. The van der Waals surface area contributed by atoms with Crippen LogP contribution >= 0.6 is 0 Å². The van der Waals surface area contributed by atoms with Crippen molar-refractivity contribution in [3.63, 3.8) is 0 Å². The van der Waals surface area contributed by atoms with E-state index in [1.807, 2.05) is 91.0 Å². The number of nitrogens with one attached hydrogen (secondary N) is 1. The highest BCUT2D eigenvalue weighted by molar-refractivity contribution is 5.89. The number of ether oxygens (including phenoxy) is 1. The topological polar surface area (TPSA) is 58.6 Å². The van der Waals surface area contributed by atoms with Crippen LogP contribution in [0.2, 0.25) is 0 Å². The van der Waals surface area contributed by atoms with Gasteiger partial charge in [-0.25, -0.2) is 4.79 Å². The second-order valence-corrected chi connectivity index (χ2v) is 7.70. The van der Waals surface area contributed by atoms with Crippen LogP contribution in [0.1, 0.15) is 30.1 Å². The number of anilines is 1. The summed E-state index contributed by atoms with van der Waals surface area (Å²) in [5, 5.41) is 2.90. The largest absolute Gasteiger partial charge is 0.452 e. The van der Waals surface area contributed by atoms with Crippen molar-refractivity contribution in [3.05, 3.63) is 102 Å². The van der Waals surface area contributed by atoms with E-state index in [4.69, 9.17) is 4.74 Å². The summed E-state index contributed by atoms with van der Waals surface area (Å²) >= 11 is 0. The van der Waals surface area contributed by atoms with Gasteiger partial charge in [-0.3, -0.25) is 4.79 Å². The lowest BCUT2D eigenvalue weighted by molar-refractivity contribution is -0.154. The van der Waals surface area contributed by atoms with E-state index in [1.165, 1.54) is 0 Å². The second kappa shape index (κ2) is 9.94.